The molecule has 1 N–H and O–H groups in total. The number of hydrogen-bond acceptors (Lipinski definition) is 4. The fraction of sp³-hybridized carbons (Fsp3) is 0.308. The van der Waals surface area contributed by atoms with Gasteiger partial charge in [-0.15, -0.1) is 0 Å². The minimum atomic E-state index is -0.0370. The first-order valence-electron chi connectivity index (χ1n) is 6.15. The number of nitrogens with one attached hydrogen (secondary N) is 1. The Balaban J connectivity index is 2.22. The minimum absolute atomic E-state index is 0.0370. The second-order valence-corrected chi connectivity index (χ2v) is 5.17. The van der Waals surface area contributed by atoms with E-state index in [0.717, 1.165) is 11.3 Å². The van der Waals surface area contributed by atoms with Crippen LogP contribution in [0, 0.1) is 6.92 Å². The van der Waals surface area contributed by atoms with Crippen molar-refractivity contribution in [2.75, 3.05) is 5.75 Å². The van der Waals surface area contributed by atoms with Gasteiger partial charge in [-0.2, -0.15) is 17.7 Å². The van der Waals surface area contributed by atoms with E-state index < -0.39 is 0 Å². The van der Waals surface area contributed by atoms with Gasteiger partial charge in [0.05, 0.1) is 17.4 Å². The molecule has 5 nitrogen and oxygen atoms in total. The number of rotatable bonds is 5. The molecule has 2 rings (SSSR count). The van der Waals surface area contributed by atoms with Crippen LogP contribution in [0.2, 0.25) is 5.02 Å². The van der Waals surface area contributed by atoms with Gasteiger partial charge in [-0.1, -0.05) is 17.7 Å². The van der Waals surface area contributed by atoms with E-state index >= 15 is 0 Å². The van der Waals surface area contributed by atoms with Gasteiger partial charge in [0.15, 0.2) is 5.82 Å². The lowest BCUT2D eigenvalue weighted by Gasteiger charge is -2.10. The third kappa shape index (κ3) is 3.74. The molecule has 7 heteroatoms. The summed E-state index contributed by atoms with van der Waals surface area (Å²) in [6, 6.07) is 3.82. The van der Waals surface area contributed by atoms with Crippen molar-refractivity contribution in [3.63, 3.8) is 0 Å². The Morgan fingerprint density at radius 2 is 2.30 bits per heavy atom. The Morgan fingerprint density at radius 3 is 2.95 bits per heavy atom. The highest BCUT2D eigenvalue weighted by Crippen LogP contribution is 2.15. The molecule has 0 fully saturated rings. The highest BCUT2D eigenvalue weighted by atomic mass is 35.5. The number of hydrogen-bond donors (Lipinski definition) is 2. The summed E-state index contributed by atoms with van der Waals surface area (Å²) in [6.45, 7) is 2.30. The Kier molecular flexibility index (Phi) is 5.03. The lowest BCUT2D eigenvalue weighted by atomic mass is 10.2. The number of halogens is 1. The minimum Gasteiger partial charge on any atom is -0.352 e. The number of thiol groups is 1. The largest absolute Gasteiger partial charge is 0.352 e. The highest BCUT2D eigenvalue weighted by molar-refractivity contribution is 7.80. The normalized spacial score (nSPS) is 10.6. The molecule has 20 heavy (non-hydrogen) atoms. The van der Waals surface area contributed by atoms with Crippen LogP contribution in [0.3, 0.4) is 0 Å². The molecular formula is C13H15ClN4OS. The van der Waals surface area contributed by atoms with Gasteiger partial charge in [0, 0.05) is 24.2 Å². The van der Waals surface area contributed by atoms with Gasteiger partial charge in [-0.05, 0) is 18.7 Å². The average Bonchev–Trinajstić information content (AvgIpc) is 2.84. The lowest BCUT2D eigenvalue weighted by molar-refractivity contribution is -0.120. The van der Waals surface area contributed by atoms with Crippen molar-refractivity contribution in [2.45, 2.75) is 19.9 Å². The number of amides is 1. The first-order chi connectivity index (χ1) is 9.60. The van der Waals surface area contributed by atoms with E-state index in [4.69, 9.17) is 11.6 Å². The zero-order valence-corrected chi connectivity index (χ0v) is 12.7. The molecule has 0 saturated carbocycles. The van der Waals surface area contributed by atoms with Crippen LogP contribution in [0.4, 0.5) is 0 Å². The van der Waals surface area contributed by atoms with Crippen molar-refractivity contribution in [3.8, 4) is 5.82 Å². The second kappa shape index (κ2) is 6.76. The molecule has 2 heterocycles. The fourth-order valence-corrected chi connectivity index (χ4v) is 2.05. The summed E-state index contributed by atoms with van der Waals surface area (Å²) in [6.07, 6.45) is 3.63. The maximum absolute atomic E-state index is 11.5. The summed E-state index contributed by atoms with van der Waals surface area (Å²) in [7, 11) is 0. The molecule has 0 aliphatic rings. The third-order valence-electron chi connectivity index (χ3n) is 2.68. The fourth-order valence-electron chi connectivity index (χ4n) is 1.71. The van der Waals surface area contributed by atoms with Crippen LogP contribution < -0.4 is 5.32 Å². The molecule has 0 aliphatic carbocycles. The maximum atomic E-state index is 11.5. The van der Waals surface area contributed by atoms with Gasteiger partial charge >= 0.3 is 0 Å². The molecule has 1 amide bonds. The number of aromatic nitrogens is 3. The first kappa shape index (κ1) is 14.9. The Bertz CT molecular complexity index is 614. The summed E-state index contributed by atoms with van der Waals surface area (Å²) in [5.41, 5.74) is 1.75. The van der Waals surface area contributed by atoms with Crippen LogP contribution in [0.15, 0.2) is 24.5 Å². The van der Waals surface area contributed by atoms with E-state index in [9.17, 15) is 4.79 Å². The predicted molar refractivity (Wildman–Crippen MR) is 81.4 cm³/mol. The van der Waals surface area contributed by atoms with Crippen molar-refractivity contribution in [3.05, 3.63) is 40.8 Å². The molecule has 0 radical (unpaired) electrons. The number of aryl methyl sites for hydroxylation is 1. The van der Waals surface area contributed by atoms with Gasteiger partial charge in [-0.3, -0.25) is 4.79 Å². The van der Waals surface area contributed by atoms with Crippen LogP contribution >= 0.6 is 24.2 Å². The van der Waals surface area contributed by atoms with Gasteiger partial charge in [0.2, 0.25) is 5.91 Å². The van der Waals surface area contributed by atoms with Gasteiger partial charge < -0.3 is 5.32 Å². The first-order valence-corrected chi connectivity index (χ1v) is 7.16. The SMILES string of the molecule is Cc1ccc(CNC(=O)CCS)c(-n2cc(Cl)cn2)n1. The molecule has 0 atom stereocenters. The smallest absolute Gasteiger partial charge is 0.221 e. The summed E-state index contributed by atoms with van der Waals surface area (Å²) >= 11 is 9.91. The molecule has 106 valence electrons. The zero-order chi connectivity index (χ0) is 14.5. The summed E-state index contributed by atoms with van der Waals surface area (Å²) in [5, 5.41) is 7.52. The van der Waals surface area contributed by atoms with Crippen molar-refractivity contribution in [1.29, 1.82) is 0 Å². The molecule has 0 spiro atoms. The zero-order valence-electron chi connectivity index (χ0n) is 11.0. The van der Waals surface area contributed by atoms with E-state index in [-0.39, 0.29) is 5.91 Å². The number of nitrogens with zero attached hydrogens (tertiary/aromatic N) is 3. The molecule has 0 aliphatic heterocycles. The van der Waals surface area contributed by atoms with Gasteiger partial charge in [0.25, 0.3) is 0 Å². The highest BCUT2D eigenvalue weighted by Gasteiger charge is 2.09. The molecule has 0 aromatic carbocycles. The van der Waals surface area contributed by atoms with Crippen LogP contribution in [-0.2, 0) is 11.3 Å². The molecule has 2 aromatic heterocycles. The van der Waals surface area contributed by atoms with Crippen LogP contribution in [0.25, 0.3) is 5.82 Å². The van der Waals surface area contributed by atoms with E-state index in [0.29, 0.717) is 29.6 Å². The van der Waals surface area contributed by atoms with Crippen molar-refractivity contribution >= 4 is 30.1 Å². The quantitative estimate of drug-likeness (QED) is 0.832. The average molecular weight is 311 g/mol. The van der Waals surface area contributed by atoms with E-state index in [1.165, 1.54) is 0 Å². The topological polar surface area (TPSA) is 59.8 Å². The van der Waals surface area contributed by atoms with Crippen molar-refractivity contribution < 1.29 is 4.79 Å². The lowest BCUT2D eigenvalue weighted by Crippen LogP contribution is -2.24. The molecule has 0 saturated heterocycles. The number of carbonyl (C=O) groups excluding carboxylic acids is 1. The summed E-state index contributed by atoms with van der Waals surface area (Å²) in [5.74, 6) is 1.16. The number of pyridine rings is 1. The monoisotopic (exact) mass is 310 g/mol. The second-order valence-electron chi connectivity index (χ2n) is 4.29. The number of carbonyl (C=O) groups is 1. The van der Waals surface area contributed by atoms with E-state index in [1.54, 1.807) is 17.1 Å². The standard InChI is InChI=1S/C13H15ClN4OS/c1-9-2-3-10(6-15-12(19)4-5-20)13(17-9)18-8-11(14)7-16-18/h2-3,7-8,20H,4-6H2,1H3,(H,15,19). The van der Waals surface area contributed by atoms with Gasteiger partial charge in [-0.25, -0.2) is 9.67 Å². The van der Waals surface area contributed by atoms with Crippen LogP contribution in [0.5, 0.6) is 0 Å². The third-order valence-corrected chi connectivity index (χ3v) is 3.10. The van der Waals surface area contributed by atoms with Crippen LogP contribution in [-0.4, -0.2) is 26.4 Å². The molecule has 0 unspecified atom stereocenters. The summed E-state index contributed by atoms with van der Waals surface area (Å²) < 4.78 is 1.61. The Hall–Kier alpha value is -1.53. The molecule has 0 bridgehead atoms. The van der Waals surface area contributed by atoms with E-state index in [2.05, 4.69) is 28.0 Å². The van der Waals surface area contributed by atoms with Gasteiger partial charge in [0.1, 0.15) is 0 Å². The predicted octanol–water partition coefficient (Wildman–Crippen LogP) is 2.17. The van der Waals surface area contributed by atoms with Crippen molar-refractivity contribution in [1.82, 2.24) is 20.1 Å². The Morgan fingerprint density at radius 1 is 1.50 bits per heavy atom. The summed E-state index contributed by atoms with van der Waals surface area (Å²) in [4.78, 5) is 16.0. The maximum Gasteiger partial charge on any atom is 0.221 e. The molecule has 2 aromatic rings. The van der Waals surface area contributed by atoms with E-state index in [1.807, 2.05) is 19.1 Å². The molecular weight excluding hydrogens is 296 g/mol. The van der Waals surface area contributed by atoms with Crippen LogP contribution in [0.1, 0.15) is 17.7 Å². The Labute approximate surface area is 127 Å². The van der Waals surface area contributed by atoms with Crippen molar-refractivity contribution in [2.24, 2.45) is 0 Å².